The van der Waals surface area contributed by atoms with Gasteiger partial charge in [0, 0.05) is 36.5 Å². The Bertz CT molecular complexity index is 693. The van der Waals surface area contributed by atoms with Crippen molar-refractivity contribution < 1.29 is 4.39 Å². The van der Waals surface area contributed by atoms with E-state index in [2.05, 4.69) is 20.9 Å². The lowest BCUT2D eigenvalue weighted by molar-refractivity contribution is 0.217. The van der Waals surface area contributed by atoms with E-state index in [1.165, 1.54) is 44.8 Å². The largest absolute Gasteiger partial charge is 0.366 e. The highest BCUT2D eigenvalue weighted by atomic mass is 19.1. The highest BCUT2D eigenvalue weighted by Crippen LogP contribution is 2.30. The van der Waals surface area contributed by atoms with Crippen LogP contribution in [0.15, 0.2) is 42.7 Å². The molecule has 0 atom stereocenters. The maximum absolute atomic E-state index is 14.1. The third-order valence-corrected chi connectivity index (χ3v) is 5.36. The number of aromatic nitrogens is 1. The van der Waals surface area contributed by atoms with E-state index in [0.29, 0.717) is 11.6 Å². The van der Waals surface area contributed by atoms with Crippen LogP contribution in [-0.2, 0) is 0 Å². The van der Waals surface area contributed by atoms with Gasteiger partial charge in [0.1, 0.15) is 5.82 Å². The topological polar surface area (TPSA) is 19.4 Å². The number of halogens is 1. The van der Waals surface area contributed by atoms with Gasteiger partial charge in [0.05, 0.1) is 11.9 Å². The van der Waals surface area contributed by atoms with E-state index in [4.69, 9.17) is 0 Å². The van der Waals surface area contributed by atoms with Crippen LogP contribution in [0.4, 0.5) is 10.1 Å². The van der Waals surface area contributed by atoms with Gasteiger partial charge in [-0.25, -0.2) is 4.39 Å². The summed E-state index contributed by atoms with van der Waals surface area (Å²) in [4.78, 5) is 9.50. The maximum atomic E-state index is 14.1. The number of benzene rings is 1. The molecule has 3 saturated heterocycles. The number of hydrogen-bond donors (Lipinski definition) is 0. The smallest absolute Gasteiger partial charge is 0.131 e. The molecule has 1 aromatic carbocycles. The Hall–Kier alpha value is -1.94. The molecule has 0 spiro atoms. The number of fused-ring (bicyclic) bond motifs is 6. The molecule has 0 unspecified atom stereocenters. The summed E-state index contributed by atoms with van der Waals surface area (Å²) in [5.74, 6) is -0.187. The summed E-state index contributed by atoms with van der Waals surface area (Å²) < 4.78 is 14.1. The van der Waals surface area contributed by atoms with Gasteiger partial charge in [-0.05, 0) is 50.9 Å². The second-order valence-corrected chi connectivity index (χ2v) is 6.88. The molecule has 3 fully saturated rings. The van der Waals surface area contributed by atoms with Crippen molar-refractivity contribution in [2.24, 2.45) is 0 Å². The number of nitrogens with zero attached hydrogens (tertiary/aromatic N) is 3. The first-order chi connectivity index (χ1) is 11.8. The van der Waals surface area contributed by atoms with E-state index in [1.54, 1.807) is 12.3 Å². The molecule has 0 amide bonds. The summed E-state index contributed by atoms with van der Waals surface area (Å²) >= 11 is 0. The summed E-state index contributed by atoms with van der Waals surface area (Å²) in [6.45, 7) is 4.61. The van der Waals surface area contributed by atoms with Crippen LogP contribution in [-0.4, -0.2) is 42.1 Å². The second kappa shape index (κ2) is 6.89. The summed E-state index contributed by atoms with van der Waals surface area (Å²) in [5.41, 5.74) is 2.62. The van der Waals surface area contributed by atoms with E-state index in [-0.39, 0.29) is 5.82 Å². The highest BCUT2D eigenvalue weighted by Gasteiger charge is 2.25. The van der Waals surface area contributed by atoms with Gasteiger partial charge < -0.3 is 9.80 Å². The minimum atomic E-state index is -0.187. The minimum absolute atomic E-state index is 0.187. The van der Waals surface area contributed by atoms with Crippen molar-refractivity contribution in [1.29, 1.82) is 0 Å². The first kappa shape index (κ1) is 15.6. The number of rotatable bonds is 2. The molecule has 2 aromatic rings. The number of anilines is 1. The average molecular weight is 325 g/mol. The first-order valence-electron chi connectivity index (χ1n) is 9.00. The monoisotopic (exact) mass is 325 g/mol. The molecule has 24 heavy (non-hydrogen) atoms. The van der Waals surface area contributed by atoms with Crippen molar-refractivity contribution in [3.8, 4) is 11.1 Å². The quantitative estimate of drug-likeness (QED) is 0.833. The van der Waals surface area contributed by atoms with Crippen LogP contribution < -0.4 is 4.90 Å². The van der Waals surface area contributed by atoms with Crippen LogP contribution in [0.3, 0.4) is 0 Å². The van der Waals surface area contributed by atoms with Gasteiger partial charge in [-0.15, -0.1) is 0 Å². The van der Waals surface area contributed by atoms with E-state index in [1.807, 2.05) is 18.3 Å². The van der Waals surface area contributed by atoms with Crippen molar-refractivity contribution in [3.05, 3.63) is 48.5 Å². The average Bonchev–Trinajstić information content (AvgIpc) is 2.54. The van der Waals surface area contributed by atoms with Crippen LogP contribution in [0, 0.1) is 5.82 Å². The Morgan fingerprint density at radius 1 is 0.958 bits per heavy atom. The van der Waals surface area contributed by atoms with Crippen LogP contribution in [0.2, 0.25) is 0 Å². The maximum Gasteiger partial charge on any atom is 0.131 e. The molecule has 0 radical (unpaired) electrons. The Labute approximate surface area is 143 Å². The molecule has 0 N–H and O–H groups in total. The van der Waals surface area contributed by atoms with Crippen molar-refractivity contribution >= 4 is 5.69 Å². The third-order valence-electron chi connectivity index (χ3n) is 5.36. The van der Waals surface area contributed by atoms with Gasteiger partial charge in [0.25, 0.3) is 0 Å². The first-order valence-corrected chi connectivity index (χ1v) is 9.00. The Morgan fingerprint density at radius 3 is 2.54 bits per heavy atom. The van der Waals surface area contributed by atoms with Crippen LogP contribution >= 0.6 is 0 Å². The standard InChI is InChI=1S/C20H24FN3/c21-20-8-2-1-7-19(20)16-13-18(15-22-14-16)24-12-11-23-9-3-5-17(24)6-4-10-23/h1-2,7-8,13-15,17H,3-6,9-12H2. The molecule has 0 saturated carbocycles. The fraction of sp³-hybridized carbons (Fsp3) is 0.450. The number of hydrogen-bond acceptors (Lipinski definition) is 3. The van der Waals surface area contributed by atoms with Gasteiger partial charge in [0.2, 0.25) is 0 Å². The Kier molecular flexibility index (Phi) is 4.48. The predicted molar refractivity (Wildman–Crippen MR) is 95.7 cm³/mol. The zero-order valence-electron chi connectivity index (χ0n) is 14.0. The second-order valence-electron chi connectivity index (χ2n) is 6.88. The van der Waals surface area contributed by atoms with Crippen LogP contribution in [0.5, 0.6) is 0 Å². The predicted octanol–water partition coefficient (Wildman–Crippen LogP) is 3.95. The highest BCUT2D eigenvalue weighted by molar-refractivity contribution is 5.67. The molecule has 4 heterocycles. The fourth-order valence-corrected chi connectivity index (χ4v) is 4.09. The van der Waals surface area contributed by atoms with Gasteiger partial charge in [-0.3, -0.25) is 4.98 Å². The zero-order chi connectivity index (χ0) is 16.4. The molecule has 1 aromatic heterocycles. The van der Waals surface area contributed by atoms with Crippen LogP contribution in [0.25, 0.3) is 11.1 Å². The Morgan fingerprint density at radius 2 is 1.75 bits per heavy atom. The molecule has 0 aliphatic carbocycles. The zero-order valence-corrected chi connectivity index (χ0v) is 14.0. The van der Waals surface area contributed by atoms with Gasteiger partial charge in [-0.2, -0.15) is 0 Å². The van der Waals surface area contributed by atoms with E-state index in [0.717, 1.165) is 24.3 Å². The molecule has 5 rings (SSSR count). The number of pyridine rings is 1. The lowest BCUT2D eigenvalue weighted by atomic mass is 9.98. The molecule has 2 bridgehead atoms. The van der Waals surface area contributed by atoms with Crippen molar-refractivity contribution in [1.82, 2.24) is 9.88 Å². The molecule has 3 nitrogen and oxygen atoms in total. The summed E-state index contributed by atoms with van der Waals surface area (Å²) in [7, 11) is 0. The van der Waals surface area contributed by atoms with Crippen molar-refractivity contribution in [2.75, 3.05) is 31.1 Å². The summed E-state index contributed by atoms with van der Waals surface area (Å²) in [6, 6.07) is 9.63. The van der Waals surface area contributed by atoms with Gasteiger partial charge >= 0.3 is 0 Å². The van der Waals surface area contributed by atoms with Gasteiger partial charge in [-0.1, -0.05) is 18.2 Å². The van der Waals surface area contributed by atoms with E-state index >= 15 is 0 Å². The summed E-state index contributed by atoms with van der Waals surface area (Å²) in [6.07, 6.45) is 8.70. The molecule has 3 aliphatic heterocycles. The lowest BCUT2D eigenvalue weighted by Crippen LogP contribution is -2.47. The minimum Gasteiger partial charge on any atom is -0.366 e. The fourth-order valence-electron chi connectivity index (χ4n) is 4.09. The third kappa shape index (κ3) is 3.16. The van der Waals surface area contributed by atoms with Gasteiger partial charge in [0.15, 0.2) is 0 Å². The molecular formula is C20H24FN3. The van der Waals surface area contributed by atoms with Crippen molar-refractivity contribution in [2.45, 2.75) is 31.7 Å². The van der Waals surface area contributed by atoms with E-state index in [9.17, 15) is 4.39 Å². The Balaban J connectivity index is 1.66. The molecule has 4 heteroatoms. The SMILES string of the molecule is Fc1ccccc1-c1cncc(N2CCN3CCCC2CCC3)c1. The molecular weight excluding hydrogens is 301 g/mol. The van der Waals surface area contributed by atoms with Crippen LogP contribution in [0.1, 0.15) is 25.7 Å². The normalized spacial score (nSPS) is 24.3. The van der Waals surface area contributed by atoms with E-state index < -0.39 is 0 Å². The lowest BCUT2D eigenvalue weighted by Gasteiger charge is -2.41. The molecule has 126 valence electrons. The van der Waals surface area contributed by atoms with Crippen molar-refractivity contribution in [3.63, 3.8) is 0 Å². The molecule has 3 aliphatic rings. The summed E-state index contributed by atoms with van der Waals surface area (Å²) in [5, 5.41) is 0.